The van der Waals surface area contributed by atoms with Crippen molar-refractivity contribution in [2.24, 2.45) is 5.92 Å². The van der Waals surface area contributed by atoms with Crippen LogP contribution in [0.4, 0.5) is 0 Å². The molecule has 0 radical (unpaired) electrons. The third-order valence-corrected chi connectivity index (χ3v) is 5.21. The van der Waals surface area contributed by atoms with Gasteiger partial charge in [-0.15, -0.1) is 0 Å². The largest absolute Gasteiger partial charge is 0.497 e. The molecule has 1 aliphatic heterocycles. The second-order valence-corrected chi connectivity index (χ2v) is 7.59. The fourth-order valence-electron chi connectivity index (χ4n) is 3.96. The molecule has 1 atom stereocenters. The number of benzene rings is 2. The molecule has 0 saturated carbocycles. The standard InChI is InChI=1S/C23H25N3O3/c1-14(2)13-26-22(17-11-10-16(28-3)12-18(17)29-4)19-20(15-8-6-5-7-9-15)24-25-21(19)23(26)27/h5-12,14,22H,13H2,1-4H3,(H,24,25). The number of nitrogens with zero attached hydrogens (tertiary/aromatic N) is 2. The van der Waals surface area contributed by atoms with Gasteiger partial charge in [-0.1, -0.05) is 44.2 Å². The van der Waals surface area contributed by atoms with Crippen LogP contribution >= 0.6 is 0 Å². The summed E-state index contributed by atoms with van der Waals surface area (Å²) in [5, 5.41) is 7.49. The molecule has 1 unspecified atom stereocenters. The van der Waals surface area contributed by atoms with Crippen LogP contribution < -0.4 is 9.47 Å². The fourth-order valence-corrected chi connectivity index (χ4v) is 3.96. The van der Waals surface area contributed by atoms with E-state index in [-0.39, 0.29) is 11.9 Å². The number of carbonyl (C=O) groups excluding carboxylic acids is 1. The molecule has 0 fully saturated rings. The SMILES string of the molecule is COc1ccc(C2c3c(-c4ccccc4)n[nH]c3C(=O)N2CC(C)C)c(OC)c1. The lowest BCUT2D eigenvalue weighted by molar-refractivity contribution is 0.0721. The van der Waals surface area contributed by atoms with Crippen molar-refractivity contribution in [3.8, 4) is 22.8 Å². The van der Waals surface area contributed by atoms with Crippen molar-refractivity contribution in [1.29, 1.82) is 0 Å². The van der Waals surface area contributed by atoms with Crippen molar-refractivity contribution < 1.29 is 14.3 Å². The second kappa shape index (κ2) is 7.62. The summed E-state index contributed by atoms with van der Waals surface area (Å²) in [5.41, 5.74) is 4.13. The van der Waals surface area contributed by atoms with E-state index in [0.717, 1.165) is 22.4 Å². The number of nitrogens with one attached hydrogen (secondary N) is 1. The molecule has 29 heavy (non-hydrogen) atoms. The predicted molar refractivity (Wildman–Crippen MR) is 111 cm³/mol. The number of ether oxygens (including phenoxy) is 2. The Bertz CT molecular complexity index is 1030. The summed E-state index contributed by atoms with van der Waals surface area (Å²) in [5.74, 6) is 1.68. The van der Waals surface area contributed by atoms with Crippen LogP contribution in [0.1, 0.15) is 41.5 Å². The van der Waals surface area contributed by atoms with Gasteiger partial charge in [-0.05, 0) is 18.1 Å². The van der Waals surface area contributed by atoms with Gasteiger partial charge in [-0.25, -0.2) is 0 Å². The highest BCUT2D eigenvalue weighted by molar-refractivity contribution is 6.00. The molecule has 6 nitrogen and oxygen atoms in total. The molecule has 0 aliphatic carbocycles. The van der Waals surface area contributed by atoms with E-state index in [4.69, 9.17) is 9.47 Å². The van der Waals surface area contributed by atoms with Crippen LogP contribution in [0.3, 0.4) is 0 Å². The number of hydrogen-bond acceptors (Lipinski definition) is 4. The van der Waals surface area contributed by atoms with Gasteiger partial charge in [0.25, 0.3) is 5.91 Å². The second-order valence-electron chi connectivity index (χ2n) is 7.59. The molecule has 1 amide bonds. The van der Waals surface area contributed by atoms with E-state index >= 15 is 0 Å². The molecule has 3 aromatic rings. The van der Waals surface area contributed by atoms with E-state index in [1.165, 1.54) is 0 Å². The van der Waals surface area contributed by atoms with Crippen LogP contribution in [-0.2, 0) is 0 Å². The van der Waals surface area contributed by atoms with Gasteiger partial charge in [0.05, 0.1) is 26.0 Å². The van der Waals surface area contributed by atoms with Crippen LogP contribution in [0.15, 0.2) is 48.5 Å². The number of carbonyl (C=O) groups is 1. The van der Waals surface area contributed by atoms with Gasteiger partial charge in [-0.3, -0.25) is 9.89 Å². The molecule has 2 aromatic carbocycles. The summed E-state index contributed by atoms with van der Waals surface area (Å²) in [6.07, 6.45) is 0. The molecule has 4 rings (SSSR count). The third kappa shape index (κ3) is 3.24. The third-order valence-electron chi connectivity index (χ3n) is 5.21. The molecule has 2 heterocycles. The zero-order chi connectivity index (χ0) is 20.5. The molecule has 1 N–H and O–H groups in total. The lowest BCUT2D eigenvalue weighted by Crippen LogP contribution is -2.33. The van der Waals surface area contributed by atoms with Crippen LogP contribution in [-0.4, -0.2) is 41.8 Å². The summed E-state index contributed by atoms with van der Waals surface area (Å²) < 4.78 is 11.0. The average Bonchev–Trinajstić information content (AvgIpc) is 3.27. The monoisotopic (exact) mass is 391 g/mol. The van der Waals surface area contributed by atoms with Gasteiger partial charge in [0.15, 0.2) is 0 Å². The Morgan fingerprint density at radius 1 is 1.10 bits per heavy atom. The Balaban J connectivity index is 1.92. The average molecular weight is 391 g/mol. The first-order chi connectivity index (χ1) is 14.0. The highest BCUT2D eigenvalue weighted by Gasteiger charge is 2.43. The number of rotatable bonds is 6. The number of aromatic amines is 1. The number of amides is 1. The fraction of sp³-hybridized carbons (Fsp3) is 0.304. The Morgan fingerprint density at radius 2 is 1.86 bits per heavy atom. The molecule has 0 bridgehead atoms. The van der Waals surface area contributed by atoms with Gasteiger partial charge in [0, 0.05) is 29.3 Å². The zero-order valence-electron chi connectivity index (χ0n) is 17.1. The lowest BCUT2D eigenvalue weighted by atomic mass is 9.95. The minimum atomic E-state index is -0.283. The number of fused-ring (bicyclic) bond motifs is 1. The Morgan fingerprint density at radius 3 is 2.52 bits per heavy atom. The van der Waals surface area contributed by atoms with Gasteiger partial charge < -0.3 is 14.4 Å². The minimum Gasteiger partial charge on any atom is -0.497 e. The first-order valence-electron chi connectivity index (χ1n) is 9.71. The van der Waals surface area contributed by atoms with E-state index in [9.17, 15) is 4.79 Å². The maximum atomic E-state index is 13.3. The summed E-state index contributed by atoms with van der Waals surface area (Å²) >= 11 is 0. The zero-order valence-corrected chi connectivity index (χ0v) is 17.1. The Labute approximate surface area is 170 Å². The molecule has 1 aliphatic rings. The summed E-state index contributed by atoms with van der Waals surface area (Å²) in [4.78, 5) is 15.2. The highest BCUT2D eigenvalue weighted by atomic mass is 16.5. The van der Waals surface area contributed by atoms with Gasteiger partial charge >= 0.3 is 0 Å². The van der Waals surface area contributed by atoms with Crippen molar-refractivity contribution in [3.63, 3.8) is 0 Å². The quantitative estimate of drug-likeness (QED) is 0.680. The van der Waals surface area contributed by atoms with Crippen LogP contribution in [0, 0.1) is 5.92 Å². The van der Waals surface area contributed by atoms with Crippen molar-refractivity contribution in [3.05, 3.63) is 65.4 Å². The van der Waals surface area contributed by atoms with E-state index in [2.05, 4.69) is 24.0 Å². The van der Waals surface area contributed by atoms with E-state index < -0.39 is 0 Å². The highest BCUT2D eigenvalue weighted by Crippen LogP contribution is 2.46. The molecule has 1 aromatic heterocycles. The molecule has 0 saturated heterocycles. The van der Waals surface area contributed by atoms with Crippen molar-refractivity contribution in [1.82, 2.24) is 15.1 Å². The molecule has 0 spiro atoms. The number of H-pyrrole nitrogens is 1. The maximum Gasteiger partial charge on any atom is 0.273 e. The van der Waals surface area contributed by atoms with Crippen molar-refractivity contribution >= 4 is 5.91 Å². The Hall–Kier alpha value is -3.28. The lowest BCUT2D eigenvalue weighted by Gasteiger charge is -2.29. The smallest absolute Gasteiger partial charge is 0.273 e. The number of aromatic nitrogens is 2. The number of hydrogen-bond donors (Lipinski definition) is 1. The predicted octanol–water partition coefficient (Wildman–Crippen LogP) is 4.30. The maximum absolute atomic E-state index is 13.3. The molecule has 150 valence electrons. The van der Waals surface area contributed by atoms with Gasteiger partial charge in [0.2, 0.25) is 0 Å². The summed E-state index contributed by atoms with van der Waals surface area (Å²) in [6, 6.07) is 15.4. The van der Waals surface area contributed by atoms with Gasteiger partial charge in [0.1, 0.15) is 17.2 Å². The molecular weight excluding hydrogens is 366 g/mol. The van der Waals surface area contributed by atoms with Crippen LogP contribution in [0.2, 0.25) is 0 Å². The van der Waals surface area contributed by atoms with Crippen molar-refractivity contribution in [2.45, 2.75) is 19.9 Å². The molecular formula is C23H25N3O3. The minimum absolute atomic E-state index is 0.0359. The van der Waals surface area contributed by atoms with Crippen LogP contribution in [0.25, 0.3) is 11.3 Å². The Kier molecular flexibility index (Phi) is 5.01. The van der Waals surface area contributed by atoms with E-state index in [1.807, 2.05) is 53.4 Å². The topological polar surface area (TPSA) is 67.5 Å². The van der Waals surface area contributed by atoms with E-state index in [1.54, 1.807) is 14.2 Å². The first-order valence-corrected chi connectivity index (χ1v) is 9.71. The molecule has 6 heteroatoms. The van der Waals surface area contributed by atoms with E-state index in [0.29, 0.717) is 29.7 Å². The summed E-state index contributed by atoms with van der Waals surface area (Å²) in [6.45, 7) is 4.85. The van der Waals surface area contributed by atoms with Crippen LogP contribution in [0.5, 0.6) is 11.5 Å². The van der Waals surface area contributed by atoms with Gasteiger partial charge in [-0.2, -0.15) is 5.10 Å². The summed E-state index contributed by atoms with van der Waals surface area (Å²) in [7, 11) is 3.26. The first kappa shape index (κ1) is 19.1. The normalized spacial score (nSPS) is 15.7. The van der Waals surface area contributed by atoms with Crippen molar-refractivity contribution in [2.75, 3.05) is 20.8 Å². The number of methoxy groups -OCH3 is 2.